The van der Waals surface area contributed by atoms with Crippen LogP contribution in [0, 0.1) is 0 Å². The molecule has 0 spiro atoms. The van der Waals surface area contributed by atoms with Crippen LogP contribution >= 0.6 is 15.9 Å². The Morgan fingerprint density at radius 1 is 1.50 bits per heavy atom. The molecule has 0 aromatic carbocycles. The molecular formula is C10H16BrN5O2. The van der Waals surface area contributed by atoms with E-state index in [0.717, 1.165) is 0 Å². The first-order chi connectivity index (χ1) is 8.61. The van der Waals surface area contributed by atoms with Crippen LogP contribution in [0.3, 0.4) is 0 Å². The molecule has 0 aliphatic heterocycles. The number of methoxy groups -OCH3 is 1. The van der Waals surface area contributed by atoms with Crippen LogP contribution in [0.2, 0.25) is 0 Å². The SMILES string of the molecule is COCCNC(=O)CCNc1nc(N)cc(Br)n1. The second-order valence-electron chi connectivity index (χ2n) is 3.46. The van der Waals surface area contributed by atoms with E-state index < -0.39 is 0 Å². The van der Waals surface area contributed by atoms with Crippen molar-refractivity contribution in [3.63, 3.8) is 0 Å². The first-order valence-electron chi connectivity index (χ1n) is 5.41. The Balaban J connectivity index is 2.26. The lowest BCUT2D eigenvalue weighted by Gasteiger charge is -2.06. The Morgan fingerprint density at radius 2 is 2.28 bits per heavy atom. The van der Waals surface area contributed by atoms with Crippen molar-refractivity contribution in [2.45, 2.75) is 6.42 Å². The van der Waals surface area contributed by atoms with Gasteiger partial charge < -0.3 is 21.1 Å². The Hall–Kier alpha value is -1.41. The van der Waals surface area contributed by atoms with Gasteiger partial charge in [0.05, 0.1) is 6.61 Å². The molecule has 0 unspecified atom stereocenters. The van der Waals surface area contributed by atoms with E-state index in [1.807, 2.05) is 0 Å². The number of aromatic nitrogens is 2. The van der Waals surface area contributed by atoms with Crippen LogP contribution in [-0.2, 0) is 9.53 Å². The summed E-state index contributed by atoms with van der Waals surface area (Å²) in [7, 11) is 1.59. The summed E-state index contributed by atoms with van der Waals surface area (Å²) in [6, 6.07) is 1.60. The lowest BCUT2D eigenvalue weighted by Crippen LogP contribution is -2.28. The van der Waals surface area contributed by atoms with Crippen molar-refractivity contribution in [2.24, 2.45) is 0 Å². The smallest absolute Gasteiger partial charge is 0.225 e. The van der Waals surface area contributed by atoms with Gasteiger partial charge in [0.15, 0.2) is 0 Å². The third kappa shape index (κ3) is 5.78. The highest BCUT2D eigenvalue weighted by Crippen LogP contribution is 2.11. The lowest BCUT2D eigenvalue weighted by atomic mass is 10.4. The van der Waals surface area contributed by atoms with Gasteiger partial charge in [0.25, 0.3) is 0 Å². The Bertz CT molecular complexity index is 382. The number of halogens is 1. The van der Waals surface area contributed by atoms with E-state index in [2.05, 4.69) is 36.5 Å². The van der Waals surface area contributed by atoms with E-state index in [9.17, 15) is 4.79 Å². The summed E-state index contributed by atoms with van der Waals surface area (Å²) in [6.07, 6.45) is 0.333. The minimum Gasteiger partial charge on any atom is -0.383 e. The first-order valence-corrected chi connectivity index (χ1v) is 6.20. The average molecular weight is 318 g/mol. The van der Waals surface area contributed by atoms with Crippen molar-refractivity contribution in [2.75, 3.05) is 37.9 Å². The number of nitrogens with one attached hydrogen (secondary N) is 2. The highest BCUT2D eigenvalue weighted by Gasteiger charge is 2.03. The molecule has 100 valence electrons. The second-order valence-corrected chi connectivity index (χ2v) is 4.27. The monoisotopic (exact) mass is 317 g/mol. The number of rotatable bonds is 7. The van der Waals surface area contributed by atoms with Gasteiger partial charge in [0.1, 0.15) is 10.4 Å². The highest BCUT2D eigenvalue weighted by molar-refractivity contribution is 9.10. The largest absolute Gasteiger partial charge is 0.383 e. The van der Waals surface area contributed by atoms with Crippen LogP contribution in [0.25, 0.3) is 0 Å². The van der Waals surface area contributed by atoms with E-state index >= 15 is 0 Å². The van der Waals surface area contributed by atoms with Crippen LogP contribution < -0.4 is 16.4 Å². The molecule has 1 aromatic heterocycles. The van der Waals surface area contributed by atoms with Gasteiger partial charge in [0.2, 0.25) is 11.9 Å². The third-order valence-electron chi connectivity index (χ3n) is 1.98. The molecule has 0 radical (unpaired) electrons. The number of nitrogens with two attached hydrogens (primary N) is 1. The molecule has 0 atom stereocenters. The fourth-order valence-corrected chi connectivity index (χ4v) is 1.59. The van der Waals surface area contributed by atoms with Crippen LogP contribution in [0.15, 0.2) is 10.7 Å². The zero-order valence-corrected chi connectivity index (χ0v) is 11.7. The van der Waals surface area contributed by atoms with Crippen molar-refractivity contribution >= 4 is 33.6 Å². The molecule has 0 saturated heterocycles. The number of ether oxygens (including phenoxy) is 1. The zero-order chi connectivity index (χ0) is 13.4. The number of anilines is 2. The summed E-state index contributed by atoms with van der Waals surface area (Å²) in [5.74, 6) is 0.706. The molecule has 7 nitrogen and oxygen atoms in total. The average Bonchev–Trinajstić information content (AvgIpc) is 2.28. The van der Waals surface area contributed by atoms with Gasteiger partial charge in [-0.2, -0.15) is 4.98 Å². The van der Waals surface area contributed by atoms with E-state index in [0.29, 0.717) is 42.5 Å². The molecule has 0 fully saturated rings. The predicted molar refractivity (Wildman–Crippen MR) is 72.1 cm³/mol. The maximum absolute atomic E-state index is 11.4. The first kappa shape index (κ1) is 14.7. The molecule has 8 heteroatoms. The van der Waals surface area contributed by atoms with Crippen LogP contribution in [0.5, 0.6) is 0 Å². The third-order valence-corrected chi connectivity index (χ3v) is 2.38. The lowest BCUT2D eigenvalue weighted by molar-refractivity contribution is -0.121. The standard InChI is InChI=1S/C10H16BrN5O2/c1-18-5-4-13-9(17)2-3-14-10-15-7(11)6-8(12)16-10/h6H,2-5H2,1H3,(H,13,17)(H3,12,14,15,16). The zero-order valence-electron chi connectivity index (χ0n) is 10.1. The minimum absolute atomic E-state index is 0.0532. The number of nitrogens with zero attached hydrogens (tertiary/aromatic N) is 2. The maximum atomic E-state index is 11.4. The van der Waals surface area contributed by atoms with Crippen molar-refractivity contribution in [3.8, 4) is 0 Å². The second kappa shape index (κ2) is 7.83. The normalized spacial score (nSPS) is 10.1. The summed E-state index contributed by atoms with van der Waals surface area (Å²) in [4.78, 5) is 19.4. The highest BCUT2D eigenvalue weighted by atomic mass is 79.9. The quantitative estimate of drug-likeness (QED) is 0.496. The summed E-state index contributed by atoms with van der Waals surface area (Å²) in [6.45, 7) is 1.45. The molecule has 18 heavy (non-hydrogen) atoms. The summed E-state index contributed by atoms with van der Waals surface area (Å²) in [5, 5.41) is 5.64. The van der Waals surface area contributed by atoms with E-state index in [1.165, 1.54) is 0 Å². The fourth-order valence-electron chi connectivity index (χ4n) is 1.18. The van der Waals surface area contributed by atoms with E-state index in [1.54, 1.807) is 13.2 Å². The van der Waals surface area contributed by atoms with Gasteiger partial charge in [-0.05, 0) is 15.9 Å². The Labute approximate surface area is 114 Å². The van der Waals surface area contributed by atoms with Gasteiger partial charge in [-0.1, -0.05) is 0 Å². The Morgan fingerprint density at radius 3 is 2.94 bits per heavy atom. The predicted octanol–water partition coefficient (Wildman–Crippen LogP) is 0.386. The van der Waals surface area contributed by atoms with Crippen molar-refractivity contribution < 1.29 is 9.53 Å². The number of amides is 1. The topological polar surface area (TPSA) is 102 Å². The number of hydrogen-bond acceptors (Lipinski definition) is 6. The molecule has 0 aliphatic rings. The van der Waals surface area contributed by atoms with Gasteiger partial charge in [-0.3, -0.25) is 4.79 Å². The molecule has 0 saturated carbocycles. The van der Waals surface area contributed by atoms with Crippen molar-refractivity contribution in [1.29, 1.82) is 0 Å². The van der Waals surface area contributed by atoms with Gasteiger partial charge in [-0.25, -0.2) is 4.98 Å². The number of hydrogen-bond donors (Lipinski definition) is 3. The maximum Gasteiger partial charge on any atom is 0.225 e. The minimum atomic E-state index is -0.0532. The molecule has 1 rings (SSSR count). The van der Waals surface area contributed by atoms with Gasteiger partial charge >= 0.3 is 0 Å². The fraction of sp³-hybridized carbons (Fsp3) is 0.500. The molecule has 1 amide bonds. The van der Waals surface area contributed by atoms with Crippen molar-refractivity contribution in [3.05, 3.63) is 10.7 Å². The summed E-state index contributed by atoms with van der Waals surface area (Å²) in [5.41, 5.74) is 5.56. The molecule has 1 aromatic rings. The van der Waals surface area contributed by atoms with Gasteiger partial charge in [0, 0.05) is 32.7 Å². The number of carbonyl (C=O) groups excluding carboxylic acids is 1. The molecule has 0 bridgehead atoms. The summed E-state index contributed by atoms with van der Waals surface area (Å²) < 4.78 is 5.42. The van der Waals surface area contributed by atoms with Crippen molar-refractivity contribution in [1.82, 2.24) is 15.3 Å². The number of nitrogen functional groups attached to an aromatic ring is 1. The molecule has 0 aliphatic carbocycles. The van der Waals surface area contributed by atoms with E-state index in [-0.39, 0.29) is 5.91 Å². The van der Waals surface area contributed by atoms with Gasteiger partial charge in [-0.15, -0.1) is 0 Å². The molecular weight excluding hydrogens is 302 g/mol. The molecule has 1 heterocycles. The molecule has 4 N–H and O–H groups in total. The van der Waals surface area contributed by atoms with E-state index in [4.69, 9.17) is 10.5 Å². The van der Waals surface area contributed by atoms with Crippen LogP contribution in [-0.4, -0.2) is 42.7 Å². The van der Waals surface area contributed by atoms with Crippen LogP contribution in [0.4, 0.5) is 11.8 Å². The number of carbonyl (C=O) groups is 1. The summed E-state index contributed by atoms with van der Waals surface area (Å²) >= 11 is 3.21. The Kier molecular flexibility index (Phi) is 6.37. The van der Waals surface area contributed by atoms with Crippen LogP contribution in [0.1, 0.15) is 6.42 Å².